The van der Waals surface area contributed by atoms with E-state index in [0.717, 1.165) is 17.6 Å². The van der Waals surface area contributed by atoms with Crippen LogP contribution in [0.5, 0.6) is 0 Å². The largest absolute Gasteiger partial charge is 0.346 e. The number of nitrogens with one attached hydrogen (secondary N) is 1. The number of carbonyl (C=O) groups is 1. The Morgan fingerprint density at radius 2 is 1.55 bits per heavy atom. The average Bonchev–Trinajstić information content (AvgIpc) is 3.24. The topological polar surface area (TPSA) is 76.1 Å². The number of sulfone groups is 1. The molecular weight excluding hydrogens is 466 g/mol. The van der Waals surface area contributed by atoms with Crippen LogP contribution in [0.25, 0.3) is 21.7 Å². The Morgan fingerprint density at radius 3 is 2.18 bits per heavy atom. The molecule has 0 saturated heterocycles. The number of benzene rings is 3. The summed E-state index contributed by atoms with van der Waals surface area (Å²) >= 11 is 1.08. The normalized spacial score (nSPS) is 11.4. The lowest BCUT2D eigenvalue weighted by molar-refractivity contribution is 0.0950. The third-order valence-electron chi connectivity index (χ3n) is 4.84. The molecule has 1 aromatic heterocycles. The van der Waals surface area contributed by atoms with Crippen LogP contribution in [-0.4, -0.2) is 25.6 Å². The summed E-state index contributed by atoms with van der Waals surface area (Å²) in [6.07, 6.45) is 1.10. The molecule has 5 nitrogen and oxygen atoms in total. The molecule has 0 bridgehead atoms. The minimum absolute atomic E-state index is 0.0805. The van der Waals surface area contributed by atoms with E-state index in [4.69, 9.17) is 0 Å². The first-order chi connectivity index (χ1) is 15.7. The minimum atomic E-state index is -3.57. The van der Waals surface area contributed by atoms with Crippen LogP contribution < -0.4 is 5.32 Å². The van der Waals surface area contributed by atoms with Gasteiger partial charge in [-0.25, -0.2) is 22.2 Å². The molecule has 0 fully saturated rings. The highest BCUT2D eigenvalue weighted by Crippen LogP contribution is 2.39. The van der Waals surface area contributed by atoms with Crippen LogP contribution in [0.4, 0.5) is 8.78 Å². The molecule has 33 heavy (non-hydrogen) atoms. The smallest absolute Gasteiger partial charge is 0.280 e. The van der Waals surface area contributed by atoms with Gasteiger partial charge in [-0.05, 0) is 41.5 Å². The number of aromatic nitrogens is 1. The van der Waals surface area contributed by atoms with Crippen molar-refractivity contribution in [3.63, 3.8) is 0 Å². The van der Waals surface area contributed by atoms with Crippen molar-refractivity contribution in [2.75, 3.05) is 6.26 Å². The van der Waals surface area contributed by atoms with Gasteiger partial charge < -0.3 is 5.32 Å². The first kappa shape index (κ1) is 22.8. The van der Waals surface area contributed by atoms with Crippen molar-refractivity contribution in [2.45, 2.75) is 11.4 Å². The van der Waals surface area contributed by atoms with E-state index < -0.39 is 21.6 Å². The number of rotatable bonds is 6. The van der Waals surface area contributed by atoms with Gasteiger partial charge in [-0.1, -0.05) is 42.5 Å². The zero-order chi connectivity index (χ0) is 23.6. The molecule has 168 valence electrons. The Labute approximate surface area is 193 Å². The number of thiazole rings is 1. The van der Waals surface area contributed by atoms with Gasteiger partial charge in [-0.2, -0.15) is 0 Å². The predicted molar refractivity (Wildman–Crippen MR) is 124 cm³/mol. The summed E-state index contributed by atoms with van der Waals surface area (Å²) in [5.41, 5.74) is 1.99. The van der Waals surface area contributed by atoms with Crippen molar-refractivity contribution in [3.05, 3.63) is 95.0 Å². The fourth-order valence-corrected chi connectivity index (χ4v) is 5.13. The summed E-state index contributed by atoms with van der Waals surface area (Å²) in [6.45, 7) is 0.167. The highest BCUT2D eigenvalue weighted by atomic mass is 32.2. The van der Waals surface area contributed by atoms with Gasteiger partial charge in [0, 0.05) is 18.4 Å². The number of hydrogen-bond donors (Lipinski definition) is 1. The van der Waals surface area contributed by atoms with Crippen LogP contribution in [0.3, 0.4) is 0 Å². The van der Waals surface area contributed by atoms with E-state index in [-0.39, 0.29) is 22.3 Å². The van der Waals surface area contributed by atoms with E-state index >= 15 is 0 Å². The lowest BCUT2D eigenvalue weighted by Gasteiger charge is -2.08. The van der Waals surface area contributed by atoms with Gasteiger partial charge in [0.1, 0.15) is 11.6 Å². The SMILES string of the molecule is CS(=O)(=O)c1ccccc1-c1nc(C(=O)NCc2ccc(F)cc2)sc1-c1ccc(F)cc1. The van der Waals surface area contributed by atoms with E-state index in [2.05, 4.69) is 10.3 Å². The number of halogens is 2. The first-order valence-corrected chi connectivity index (χ1v) is 12.5. The van der Waals surface area contributed by atoms with Crippen LogP contribution in [0.2, 0.25) is 0 Å². The van der Waals surface area contributed by atoms with Gasteiger partial charge >= 0.3 is 0 Å². The second kappa shape index (κ2) is 9.21. The van der Waals surface area contributed by atoms with Gasteiger partial charge in [-0.15, -0.1) is 11.3 Å². The van der Waals surface area contributed by atoms with Crippen LogP contribution >= 0.6 is 11.3 Å². The summed E-state index contributed by atoms with van der Waals surface area (Å²) < 4.78 is 51.3. The van der Waals surface area contributed by atoms with Gasteiger partial charge in [0.25, 0.3) is 5.91 Å². The molecule has 4 rings (SSSR count). The predicted octanol–water partition coefficient (Wildman–Crippen LogP) is 5.09. The molecular formula is C24H18F2N2O3S2. The maximum Gasteiger partial charge on any atom is 0.280 e. The summed E-state index contributed by atoms with van der Waals surface area (Å²) in [5.74, 6) is -1.25. The van der Waals surface area contributed by atoms with Crippen molar-refractivity contribution in [2.24, 2.45) is 0 Å². The molecule has 1 amide bonds. The Morgan fingerprint density at radius 1 is 0.939 bits per heavy atom. The van der Waals surface area contributed by atoms with Crippen LogP contribution in [-0.2, 0) is 16.4 Å². The van der Waals surface area contributed by atoms with Gasteiger partial charge in [-0.3, -0.25) is 4.79 Å². The number of nitrogens with zero attached hydrogens (tertiary/aromatic N) is 1. The fourth-order valence-electron chi connectivity index (χ4n) is 3.24. The monoisotopic (exact) mass is 484 g/mol. The van der Waals surface area contributed by atoms with Crippen molar-refractivity contribution >= 4 is 27.1 Å². The Bertz CT molecular complexity index is 1420. The Hall–Kier alpha value is -3.43. The van der Waals surface area contributed by atoms with E-state index in [0.29, 0.717) is 27.3 Å². The maximum atomic E-state index is 13.5. The lowest BCUT2D eigenvalue weighted by atomic mass is 10.1. The second-order valence-corrected chi connectivity index (χ2v) is 10.3. The third-order valence-corrected chi connectivity index (χ3v) is 7.09. The summed E-state index contributed by atoms with van der Waals surface area (Å²) in [6, 6.07) is 17.8. The second-order valence-electron chi connectivity index (χ2n) is 7.28. The number of hydrogen-bond acceptors (Lipinski definition) is 5. The summed E-state index contributed by atoms with van der Waals surface area (Å²) in [7, 11) is -3.57. The van der Waals surface area contributed by atoms with Crippen LogP contribution in [0.1, 0.15) is 15.4 Å². The fraction of sp³-hybridized carbons (Fsp3) is 0.0833. The van der Waals surface area contributed by atoms with E-state index in [1.165, 1.54) is 30.3 Å². The average molecular weight is 485 g/mol. The molecule has 0 atom stereocenters. The Balaban J connectivity index is 1.76. The van der Waals surface area contributed by atoms with Crippen LogP contribution in [0.15, 0.2) is 77.7 Å². The molecule has 3 aromatic carbocycles. The molecule has 1 heterocycles. The summed E-state index contributed by atoms with van der Waals surface area (Å²) in [4.78, 5) is 17.9. The number of amides is 1. The van der Waals surface area contributed by atoms with E-state index in [1.54, 1.807) is 42.5 Å². The highest BCUT2D eigenvalue weighted by molar-refractivity contribution is 7.90. The van der Waals surface area contributed by atoms with Crippen molar-refractivity contribution in [1.29, 1.82) is 0 Å². The number of carbonyl (C=O) groups excluding carboxylic acids is 1. The maximum absolute atomic E-state index is 13.5. The molecule has 1 N–H and O–H groups in total. The zero-order valence-electron chi connectivity index (χ0n) is 17.4. The Kier molecular flexibility index (Phi) is 6.35. The molecule has 4 aromatic rings. The van der Waals surface area contributed by atoms with Gasteiger partial charge in [0.15, 0.2) is 14.8 Å². The van der Waals surface area contributed by atoms with Crippen molar-refractivity contribution in [3.8, 4) is 21.7 Å². The molecule has 0 aliphatic heterocycles. The quantitative estimate of drug-likeness (QED) is 0.414. The van der Waals surface area contributed by atoms with E-state index in [9.17, 15) is 22.0 Å². The summed E-state index contributed by atoms with van der Waals surface area (Å²) in [5, 5.41) is 2.86. The minimum Gasteiger partial charge on any atom is -0.346 e. The van der Waals surface area contributed by atoms with E-state index in [1.807, 2.05) is 0 Å². The first-order valence-electron chi connectivity index (χ1n) is 9.81. The molecule has 9 heteroatoms. The highest BCUT2D eigenvalue weighted by Gasteiger charge is 2.23. The third kappa shape index (κ3) is 5.15. The van der Waals surface area contributed by atoms with Gasteiger partial charge in [0.2, 0.25) is 0 Å². The zero-order valence-corrected chi connectivity index (χ0v) is 19.0. The van der Waals surface area contributed by atoms with Crippen molar-refractivity contribution in [1.82, 2.24) is 10.3 Å². The molecule has 0 aliphatic carbocycles. The molecule has 0 radical (unpaired) electrons. The standard InChI is InChI=1S/C24H18F2N2O3S2/c1-33(30,31)20-5-3-2-4-19(20)21-22(16-8-12-18(26)13-9-16)32-24(28-21)23(29)27-14-15-6-10-17(25)11-7-15/h2-13H,14H2,1H3,(H,27,29). The molecule has 0 saturated carbocycles. The van der Waals surface area contributed by atoms with Crippen molar-refractivity contribution < 1.29 is 22.0 Å². The van der Waals surface area contributed by atoms with Gasteiger partial charge in [0.05, 0.1) is 15.5 Å². The molecule has 0 unspecified atom stereocenters. The van der Waals surface area contributed by atoms with Crippen LogP contribution in [0, 0.1) is 11.6 Å². The molecule has 0 spiro atoms. The molecule has 0 aliphatic rings. The lowest BCUT2D eigenvalue weighted by Crippen LogP contribution is -2.22.